The molecule has 0 N–H and O–H groups in total. The number of rotatable bonds is 4. The average molecular weight is 404 g/mol. The molecule has 0 radical (unpaired) electrons. The number of anilines is 1. The minimum atomic E-state index is -0.173. The molecular formula is C26H29NO3. The summed E-state index contributed by atoms with van der Waals surface area (Å²) in [6.07, 6.45) is 1.53. The minimum absolute atomic E-state index is 0.0386. The number of benzene rings is 2. The molecule has 1 aliphatic heterocycles. The molecule has 1 heterocycles. The van der Waals surface area contributed by atoms with Gasteiger partial charge in [-0.25, -0.2) is 0 Å². The molecule has 4 rings (SSSR count). The van der Waals surface area contributed by atoms with Crippen molar-refractivity contribution in [2.45, 2.75) is 52.9 Å². The number of Topliss-reactive ketones (excluding diaryl/α,β-unsaturated/α-hetero) is 1. The highest BCUT2D eigenvalue weighted by Crippen LogP contribution is 2.48. The van der Waals surface area contributed by atoms with Crippen molar-refractivity contribution in [3.8, 4) is 5.75 Å². The zero-order chi connectivity index (χ0) is 21.5. The quantitative estimate of drug-likeness (QED) is 0.672. The van der Waals surface area contributed by atoms with E-state index in [0.29, 0.717) is 25.9 Å². The molecule has 2 aromatic carbocycles. The van der Waals surface area contributed by atoms with Crippen LogP contribution in [-0.2, 0) is 9.59 Å². The Balaban J connectivity index is 1.85. The fraction of sp³-hybridized carbons (Fsp3) is 0.385. The van der Waals surface area contributed by atoms with Crippen molar-refractivity contribution >= 4 is 17.4 Å². The Morgan fingerprint density at radius 2 is 1.73 bits per heavy atom. The number of hydrogen-bond acceptors (Lipinski definition) is 3. The van der Waals surface area contributed by atoms with Gasteiger partial charge in [0.15, 0.2) is 5.78 Å². The van der Waals surface area contributed by atoms with Crippen LogP contribution in [0.2, 0.25) is 0 Å². The predicted molar refractivity (Wildman–Crippen MR) is 119 cm³/mol. The zero-order valence-corrected chi connectivity index (χ0v) is 18.2. The maximum atomic E-state index is 13.4. The van der Waals surface area contributed by atoms with Gasteiger partial charge in [-0.05, 0) is 61.1 Å². The molecule has 0 aromatic heterocycles. The van der Waals surface area contributed by atoms with Gasteiger partial charge in [0.1, 0.15) is 5.75 Å². The molecule has 0 saturated carbocycles. The molecule has 4 nitrogen and oxygen atoms in total. The minimum Gasteiger partial charge on any atom is -0.494 e. The summed E-state index contributed by atoms with van der Waals surface area (Å²) >= 11 is 0. The Kier molecular flexibility index (Phi) is 5.27. The summed E-state index contributed by atoms with van der Waals surface area (Å²) in [6, 6.07) is 15.7. The van der Waals surface area contributed by atoms with E-state index < -0.39 is 0 Å². The highest BCUT2D eigenvalue weighted by atomic mass is 16.5. The molecular weight excluding hydrogens is 374 g/mol. The molecule has 1 aliphatic carbocycles. The van der Waals surface area contributed by atoms with Crippen LogP contribution in [0.4, 0.5) is 5.69 Å². The Hall–Kier alpha value is -2.88. The van der Waals surface area contributed by atoms with Crippen molar-refractivity contribution in [3.05, 3.63) is 70.9 Å². The normalized spacial score (nSPS) is 20.9. The van der Waals surface area contributed by atoms with Crippen LogP contribution in [0.5, 0.6) is 5.75 Å². The fourth-order valence-corrected chi connectivity index (χ4v) is 4.82. The number of aryl methyl sites for hydroxylation is 1. The van der Waals surface area contributed by atoms with Gasteiger partial charge in [-0.2, -0.15) is 0 Å². The summed E-state index contributed by atoms with van der Waals surface area (Å²) in [5.41, 5.74) is 4.51. The second-order valence-electron chi connectivity index (χ2n) is 9.07. The van der Waals surface area contributed by atoms with Crippen molar-refractivity contribution in [1.82, 2.24) is 0 Å². The van der Waals surface area contributed by atoms with Crippen molar-refractivity contribution in [2.75, 3.05) is 11.5 Å². The monoisotopic (exact) mass is 403 g/mol. The van der Waals surface area contributed by atoms with Gasteiger partial charge in [0.25, 0.3) is 0 Å². The molecule has 1 amide bonds. The van der Waals surface area contributed by atoms with Crippen LogP contribution in [0.25, 0.3) is 0 Å². The lowest BCUT2D eigenvalue weighted by Gasteiger charge is -2.43. The van der Waals surface area contributed by atoms with Gasteiger partial charge in [0.05, 0.1) is 6.61 Å². The van der Waals surface area contributed by atoms with Crippen LogP contribution in [-0.4, -0.2) is 18.3 Å². The zero-order valence-electron chi connectivity index (χ0n) is 18.2. The molecule has 0 bridgehead atoms. The molecule has 1 atom stereocenters. The topological polar surface area (TPSA) is 46.6 Å². The van der Waals surface area contributed by atoms with Gasteiger partial charge >= 0.3 is 0 Å². The van der Waals surface area contributed by atoms with E-state index in [2.05, 4.69) is 32.9 Å². The van der Waals surface area contributed by atoms with Crippen molar-refractivity contribution < 1.29 is 14.3 Å². The smallest absolute Gasteiger partial charge is 0.232 e. The van der Waals surface area contributed by atoms with Crippen LogP contribution in [0.15, 0.2) is 59.8 Å². The van der Waals surface area contributed by atoms with Crippen molar-refractivity contribution in [1.29, 1.82) is 0 Å². The standard InChI is InChI=1S/C26H29NO3/c1-5-30-19-12-10-18(11-13-19)27-22-15-26(3,4)16-23(28)25(22)21(14-24(27)29)20-9-7-6-8-17(20)2/h6-13,21H,5,14-16H2,1-4H3. The van der Waals surface area contributed by atoms with Gasteiger partial charge < -0.3 is 4.74 Å². The summed E-state index contributed by atoms with van der Waals surface area (Å²) < 4.78 is 5.55. The third kappa shape index (κ3) is 3.67. The summed E-state index contributed by atoms with van der Waals surface area (Å²) in [6.45, 7) is 8.80. The third-order valence-corrected chi connectivity index (χ3v) is 6.11. The maximum Gasteiger partial charge on any atom is 0.232 e. The molecule has 0 spiro atoms. The predicted octanol–water partition coefficient (Wildman–Crippen LogP) is 5.56. The summed E-state index contributed by atoms with van der Waals surface area (Å²) in [4.78, 5) is 28.5. The van der Waals surface area contributed by atoms with E-state index in [1.807, 2.05) is 43.3 Å². The van der Waals surface area contributed by atoms with Gasteiger partial charge in [-0.15, -0.1) is 0 Å². The van der Waals surface area contributed by atoms with Crippen LogP contribution < -0.4 is 9.64 Å². The lowest BCUT2D eigenvalue weighted by Crippen LogP contribution is -2.43. The first-order valence-electron chi connectivity index (χ1n) is 10.7. The molecule has 2 aromatic rings. The number of allylic oxidation sites excluding steroid dienone is 2. The molecule has 4 heteroatoms. The number of carbonyl (C=O) groups excluding carboxylic acids is 2. The number of nitrogens with zero attached hydrogens (tertiary/aromatic N) is 1. The second-order valence-corrected chi connectivity index (χ2v) is 9.07. The molecule has 156 valence electrons. The first-order chi connectivity index (χ1) is 14.3. The third-order valence-electron chi connectivity index (χ3n) is 6.11. The van der Waals surface area contributed by atoms with E-state index in [9.17, 15) is 9.59 Å². The van der Waals surface area contributed by atoms with Gasteiger partial charge in [0, 0.05) is 35.7 Å². The van der Waals surface area contributed by atoms with Crippen LogP contribution in [0.1, 0.15) is 57.1 Å². The Morgan fingerprint density at radius 1 is 1.03 bits per heavy atom. The molecule has 0 saturated heterocycles. The average Bonchev–Trinajstić information content (AvgIpc) is 2.68. The molecule has 1 unspecified atom stereocenters. The van der Waals surface area contributed by atoms with Gasteiger partial charge in [0.2, 0.25) is 5.91 Å². The van der Waals surface area contributed by atoms with Gasteiger partial charge in [-0.1, -0.05) is 38.1 Å². The summed E-state index contributed by atoms with van der Waals surface area (Å²) in [7, 11) is 0. The van der Waals surface area contributed by atoms with E-state index in [-0.39, 0.29) is 23.0 Å². The van der Waals surface area contributed by atoms with E-state index in [1.54, 1.807) is 4.90 Å². The number of amides is 1. The molecule has 0 fully saturated rings. The number of ether oxygens (including phenoxy) is 1. The number of ketones is 1. The highest BCUT2D eigenvalue weighted by molar-refractivity contribution is 6.07. The Labute approximate surface area is 178 Å². The number of hydrogen-bond donors (Lipinski definition) is 0. The Morgan fingerprint density at radius 3 is 2.40 bits per heavy atom. The lowest BCUT2D eigenvalue weighted by molar-refractivity contribution is -0.121. The summed E-state index contributed by atoms with van der Waals surface area (Å²) in [5, 5.41) is 0. The van der Waals surface area contributed by atoms with Crippen LogP contribution >= 0.6 is 0 Å². The van der Waals surface area contributed by atoms with Crippen LogP contribution in [0, 0.1) is 12.3 Å². The van der Waals surface area contributed by atoms with Crippen molar-refractivity contribution in [3.63, 3.8) is 0 Å². The first-order valence-corrected chi connectivity index (χ1v) is 10.7. The lowest BCUT2D eigenvalue weighted by atomic mass is 9.69. The van der Waals surface area contributed by atoms with Crippen LogP contribution in [0.3, 0.4) is 0 Å². The maximum absolute atomic E-state index is 13.4. The summed E-state index contributed by atoms with van der Waals surface area (Å²) in [5.74, 6) is 0.809. The molecule has 30 heavy (non-hydrogen) atoms. The first kappa shape index (κ1) is 20.4. The van der Waals surface area contributed by atoms with E-state index >= 15 is 0 Å². The molecule has 2 aliphatic rings. The Bertz CT molecular complexity index is 1020. The SMILES string of the molecule is CCOc1ccc(N2C(=O)CC(c3ccccc3C)C3=C2CC(C)(C)CC3=O)cc1. The fourth-order valence-electron chi connectivity index (χ4n) is 4.82. The highest BCUT2D eigenvalue weighted by Gasteiger charge is 2.44. The number of carbonyl (C=O) groups is 2. The largest absolute Gasteiger partial charge is 0.494 e. The van der Waals surface area contributed by atoms with E-state index in [4.69, 9.17) is 4.74 Å². The van der Waals surface area contributed by atoms with E-state index in [0.717, 1.165) is 33.8 Å². The van der Waals surface area contributed by atoms with Crippen molar-refractivity contribution in [2.24, 2.45) is 5.41 Å². The van der Waals surface area contributed by atoms with Gasteiger partial charge in [-0.3, -0.25) is 14.5 Å². The second kappa shape index (κ2) is 7.75. The van der Waals surface area contributed by atoms with E-state index in [1.165, 1.54) is 0 Å².